The van der Waals surface area contributed by atoms with Gasteiger partial charge in [0.1, 0.15) is 0 Å². The van der Waals surface area contributed by atoms with Crippen LogP contribution >= 0.6 is 15.9 Å². The monoisotopic (exact) mass is 317 g/mol. The molecule has 1 heterocycles. The van der Waals surface area contributed by atoms with Crippen LogP contribution in [0.15, 0.2) is 22.7 Å². The Kier molecular flexibility index (Phi) is 3.78. The molecule has 0 spiro atoms. The molecule has 1 aliphatic heterocycles. The fourth-order valence-corrected chi connectivity index (χ4v) is 4.44. The molecule has 1 aromatic rings. The summed E-state index contributed by atoms with van der Waals surface area (Å²) in [7, 11) is -2.85. The van der Waals surface area contributed by atoms with E-state index in [1.54, 1.807) is 0 Å². The van der Waals surface area contributed by atoms with Gasteiger partial charge in [0.2, 0.25) is 0 Å². The summed E-state index contributed by atoms with van der Waals surface area (Å²) >= 11 is 3.44. The Morgan fingerprint density at radius 2 is 2.12 bits per heavy atom. The fraction of sp³-hybridized carbons (Fsp3) is 0.500. The standard InChI is InChI=1S/C12H16BrNO2S/c1-9-5-10(13)7-12(6-9)14-11-3-2-4-17(15,16)8-11/h5-7,11,14H,2-4,8H2,1H3. The molecule has 1 aliphatic rings. The third-order valence-corrected chi connectivity index (χ3v) is 5.15. The van der Waals surface area contributed by atoms with Crippen LogP contribution in [-0.2, 0) is 9.84 Å². The predicted molar refractivity (Wildman–Crippen MR) is 74.2 cm³/mol. The third kappa shape index (κ3) is 3.71. The first-order chi connectivity index (χ1) is 7.94. The highest BCUT2D eigenvalue weighted by Crippen LogP contribution is 2.22. The summed E-state index contributed by atoms with van der Waals surface area (Å²) in [6.45, 7) is 2.02. The lowest BCUT2D eigenvalue weighted by Gasteiger charge is -2.24. The molecule has 1 atom stereocenters. The zero-order valence-electron chi connectivity index (χ0n) is 9.74. The van der Waals surface area contributed by atoms with Crippen molar-refractivity contribution in [2.45, 2.75) is 25.8 Å². The summed E-state index contributed by atoms with van der Waals surface area (Å²) in [5.74, 6) is 0.585. The average molecular weight is 318 g/mol. The molecule has 1 unspecified atom stereocenters. The number of hydrogen-bond donors (Lipinski definition) is 1. The van der Waals surface area contributed by atoms with E-state index in [4.69, 9.17) is 0 Å². The number of anilines is 1. The van der Waals surface area contributed by atoms with E-state index in [9.17, 15) is 8.42 Å². The van der Waals surface area contributed by atoms with Crippen molar-refractivity contribution in [2.75, 3.05) is 16.8 Å². The SMILES string of the molecule is Cc1cc(Br)cc(NC2CCCS(=O)(=O)C2)c1. The number of benzene rings is 1. The molecule has 1 N–H and O–H groups in total. The second kappa shape index (κ2) is 4.98. The van der Waals surface area contributed by atoms with Gasteiger partial charge < -0.3 is 5.32 Å². The number of aryl methyl sites for hydroxylation is 1. The van der Waals surface area contributed by atoms with Gasteiger partial charge in [-0.25, -0.2) is 8.42 Å². The molecule has 2 rings (SSSR count). The minimum Gasteiger partial charge on any atom is -0.381 e. The molecular weight excluding hydrogens is 302 g/mol. The van der Waals surface area contributed by atoms with Crippen LogP contribution in [-0.4, -0.2) is 26.0 Å². The average Bonchev–Trinajstić information content (AvgIpc) is 2.13. The van der Waals surface area contributed by atoms with Gasteiger partial charge in [0, 0.05) is 16.2 Å². The summed E-state index contributed by atoms with van der Waals surface area (Å²) in [6, 6.07) is 6.09. The summed E-state index contributed by atoms with van der Waals surface area (Å²) in [4.78, 5) is 0. The fourth-order valence-electron chi connectivity index (χ4n) is 2.19. The van der Waals surface area contributed by atoms with Crippen LogP contribution in [0.25, 0.3) is 0 Å². The zero-order valence-corrected chi connectivity index (χ0v) is 12.1. The van der Waals surface area contributed by atoms with Crippen molar-refractivity contribution in [1.29, 1.82) is 0 Å². The van der Waals surface area contributed by atoms with E-state index in [2.05, 4.69) is 21.2 Å². The van der Waals surface area contributed by atoms with Crippen molar-refractivity contribution in [1.82, 2.24) is 0 Å². The van der Waals surface area contributed by atoms with Crippen LogP contribution in [0.5, 0.6) is 0 Å². The van der Waals surface area contributed by atoms with Crippen molar-refractivity contribution < 1.29 is 8.42 Å². The topological polar surface area (TPSA) is 46.2 Å². The Morgan fingerprint density at radius 3 is 2.76 bits per heavy atom. The predicted octanol–water partition coefficient (Wildman–Crippen LogP) is 2.75. The maximum Gasteiger partial charge on any atom is 0.152 e. The van der Waals surface area contributed by atoms with E-state index in [0.29, 0.717) is 5.75 Å². The van der Waals surface area contributed by atoms with E-state index < -0.39 is 9.84 Å². The summed E-state index contributed by atoms with van der Waals surface area (Å²) in [5.41, 5.74) is 2.14. The van der Waals surface area contributed by atoms with E-state index in [0.717, 1.165) is 28.6 Å². The van der Waals surface area contributed by atoms with E-state index in [1.165, 1.54) is 0 Å². The summed E-state index contributed by atoms with van der Waals surface area (Å²) in [5, 5.41) is 3.31. The number of hydrogen-bond acceptors (Lipinski definition) is 3. The molecule has 17 heavy (non-hydrogen) atoms. The quantitative estimate of drug-likeness (QED) is 0.912. The van der Waals surface area contributed by atoms with Gasteiger partial charge in [0.05, 0.1) is 11.5 Å². The molecule has 1 aromatic carbocycles. The highest BCUT2D eigenvalue weighted by atomic mass is 79.9. The van der Waals surface area contributed by atoms with Crippen LogP contribution in [0.2, 0.25) is 0 Å². The molecule has 5 heteroatoms. The van der Waals surface area contributed by atoms with Crippen LogP contribution in [0, 0.1) is 6.92 Å². The minimum atomic E-state index is -2.85. The number of nitrogens with one attached hydrogen (secondary N) is 1. The van der Waals surface area contributed by atoms with Crippen molar-refractivity contribution in [2.24, 2.45) is 0 Å². The second-order valence-corrected chi connectivity index (χ2v) is 7.76. The highest BCUT2D eigenvalue weighted by Gasteiger charge is 2.24. The van der Waals surface area contributed by atoms with Gasteiger partial charge in [-0.3, -0.25) is 0 Å². The van der Waals surface area contributed by atoms with Crippen LogP contribution in [0.4, 0.5) is 5.69 Å². The third-order valence-electron chi connectivity index (χ3n) is 2.88. The smallest absolute Gasteiger partial charge is 0.152 e. The van der Waals surface area contributed by atoms with Gasteiger partial charge in [-0.2, -0.15) is 0 Å². The van der Waals surface area contributed by atoms with E-state index in [-0.39, 0.29) is 11.8 Å². The first-order valence-corrected chi connectivity index (χ1v) is 8.30. The number of sulfone groups is 1. The Bertz CT molecular complexity index is 493. The van der Waals surface area contributed by atoms with Gasteiger partial charge in [0.25, 0.3) is 0 Å². The normalized spacial score (nSPS) is 23.3. The molecule has 0 radical (unpaired) electrons. The first kappa shape index (κ1) is 12.9. The molecule has 1 saturated heterocycles. The lowest BCUT2D eigenvalue weighted by molar-refractivity contribution is 0.562. The minimum absolute atomic E-state index is 0.0439. The molecule has 0 saturated carbocycles. The number of halogens is 1. The van der Waals surface area contributed by atoms with E-state index >= 15 is 0 Å². The van der Waals surface area contributed by atoms with Crippen LogP contribution in [0.3, 0.4) is 0 Å². The van der Waals surface area contributed by atoms with Gasteiger partial charge in [-0.15, -0.1) is 0 Å². The van der Waals surface area contributed by atoms with Crippen molar-refractivity contribution in [3.8, 4) is 0 Å². The molecule has 1 fully saturated rings. The van der Waals surface area contributed by atoms with Gasteiger partial charge in [0.15, 0.2) is 9.84 Å². The van der Waals surface area contributed by atoms with Gasteiger partial charge in [-0.05, 0) is 43.5 Å². The maximum atomic E-state index is 11.5. The summed E-state index contributed by atoms with van der Waals surface area (Å²) < 4.78 is 24.1. The Balaban J connectivity index is 2.10. The lowest BCUT2D eigenvalue weighted by atomic mass is 10.1. The van der Waals surface area contributed by atoms with Crippen LogP contribution in [0.1, 0.15) is 18.4 Å². The lowest BCUT2D eigenvalue weighted by Crippen LogP contribution is -2.34. The Morgan fingerprint density at radius 1 is 1.35 bits per heavy atom. The molecule has 0 aliphatic carbocycles. The molecule has 0 amide bonds. The Labute approximate surface area is 111 Å². The van der Waals surface area contributed by atoms with Crippen molar-refractivity contribution in [3.63, 3.8) is 0 Å². The zero-order chi connectivity index (χ0) is 12.5. The molecular formula is C12H16BrNO2S. The largest absolute Gasteiger partial charge is 0.381 e. The summed E-state index contributed by atoms with van der Waals surface area (Å²) in [6.07, 6.45) is 1.68. The molecule has 0 bridgehead atoms. The molecule has 3 nitrogen and oxygen atoms in total. The van der Waals surface area contributed by atoms with Crippen molar-refractivity contribution >= 4 is 31.5 Å². The first-order valence-electron chi connectivity index (χ1n) is 5.69. The number of rotatable bonds is 2. The second-order valence-electron chi connectivity index (χ2n) is 4.62. The molecule has 94 valence electrons. The van der Waals surface area contributed by atoms with Gasteiger partial charge >= 0.3 is 0 Å². The molecule has 0 aromatic heterocycles. The van der Waals surface area contributed by atoms with Crippen molar-refractivity contribution in [3.05, 3.63) is 28.2 Å². The van der Waals surface area contributed by atoms with E-state index in [1.807, 2.05) is 25.1 Å². The van der Waals surface area contributed by atoms with Gasteiger partial charge in [-0.1, -0.05) is 15.9 Å². The van der Waals surface area contributed by atoms with Crippen LogP contribution < -0.4 is 5.32 Å². The maximum absolute atomic E-state index is 11.5. The Hall–Kier alpha value is -0.550. The highest BCUT2D eigenvalue weighted by molar-refractivity contribution is 9.10.